The molecule has 0 aliphatic carbocycles. The fourth-order valence-corrected chi connectivity index (χ4v) is 3.00. The summed E-state index contributed by atoms with van der Waals surface area (Å²) in [5.74, 6) is 0.866. The van der Waals surface area contributed by atoms with Gasteiger partial charge in [0.25, 0.3) is 0 Å². The minimum Gasteiger partial charge on any atom is -0.381 e. The van der Waals surface area contributed by atoms with Crippen molar-refractivity contribution >= 4 is 5.96 Å². The van der Waals surface area contributed by atoms with E-state index in [1.807, 2.05) is 0 Å². The molecule has 5 nitrogen and oxygen atoms in total. The van der Waals surface area contributed by atoms with Gasteiger partial charge in [-0.1, -0.05) is 31.2 Å². The lowest BCUT2D eigenvalue weighted by Gasteiger charge is -2.22. The van der Waals surface area contributed by atoms with Gasteiger partial charge in [0.2, 0.25) is 0 Å². The van der Waals surface area contributed by atoms with Gasteiger partial charge in [0.05, 0.1) is 12.1 Å². The van der Waals surface area contributed by atoms with Gasteiger partial charge in [-0.15, -0.1) is 0 Å². The largest absolute Gasteiger partial charge is 0.381 e. The van der Waals surface area contributed by atoms with E-state index in [1.54, 1.807) is 0 Å². The van der Waals surface area contributed by atoms with Crippen molar-refractivity contribution in [2.24, 2.45) is 4.99 Å². The molecule has 5 heteroatoms. The number of hydrogen-bond acceptors (Lipinski definition) is 3. The number of guanidine groups is 1. The molecular formula is C21H35N3O2. The van der Waals surface area contributed by atoms with Gasteiger partial charge in [-0.25, -0.2) is 0 Å². The van der Waals surface area contributed by atoms with Crippen molar-refractivity contribution in [3.8, 4) is 0 Å². The monoisotopic (exact) mass is 361 g/mol. The van der Waals surface area contributed by atoms with Crippen molar-refractivity contribution in [1.29, 1.82) is 0 Å². The Morgan fingerprint density at radius 1 is 1.23 bits per heavy atom. The number of benzene rings is 1. The number of rotatable bonds is 9. The summed E-state index contributed by atoms with van der Waals surface area (Å²) >= 11 is 0. The molecule has 0 amide bonds. The molecule has 0 radical (unpaired) electrons. The second-order valence-electron chi connectivity index (χ2n) is 6.76. The van der Waals surface area contributed by atoms with Crippen LogP contribution in [0.15, 0.2) is 29.3 Å². The molecule has 1 unspecified atom stereocenters. The SMILES string of the molecule is CCNC(=NCCCOC1CCOCC1)NC(C)c1ccc(CC)cc1. The van der Waals surface area contributed by atoms with E-state index in [-0.39, 0.29) is 6.04 Å². The van der Waals surface area contributed by atoms with Crippen LogP contribution in [0.4, 0.5) is 0 Å². The van der Waals surface area contributed by atoms with Gasteiger partial charge in [0.15, 0.2) is 5.96 Å². The Bertz CT molecular complexity index is 525. The van der Waals surface area contributed by atoms with Crippen LogP contribution in [0.5, 0.6) is 0 Å². The summed E-state index contributed by atoms with van der Waals surface area (Å²) in [5, 5.41) is 6.82. The van der Waals surface area contributed by atoms with Gasteiger partial charge < -0.3 is 20.1 Å². The minimum atomic E-state index is 0.220. The maximum Gasteiger partial charge on any atom is 0.191 e. The van der Waals surface area contributed by atoms with E-state index in [0.717, 1.165) is 64.6 Å². The normalized spacial score (nSPS) is 17.1. The van der Waals surface area contributed by atoms with Gasteiger partial charge in [-0.05, 0) is 50.7 Å². The van der Waals surface area contributed by atoms with E-state index >= 15 is 0 Å². The number of aryl methyl sites for hydroxylation is 1. The quantitative estimate of drug-likeness (QED) is 0.402. The Kier molecular flexibility index (Phi) is 9.50. The van der Waals surface area contributed by atoms with Gasteiger partial charge in [-0.2, -0.15) is 0 Å². The number of hydrogen-bond donors (Lipinski definition) is 2. The zero-order valence-electron chi connectivity index (χ0n) is 16.6. The van der Waals surface area contributed by atoms with Crippen LogP contribution in [0.3, 0.4) is 0 Å². The van der Waals surface area contributed by atoms with Crippen LogP contribution < -0.4 is 10.6 Å². The third-order valence-electron chi connectivity index (χ3n) is 4.68. The highest BCUT2D eigenvalue weighted by Crippen LogP contribution is 2.14. The highest BCUT2D eigenvalue weighted by atomic mass is 16.5. The zero-order chi connectivity index (χ0) is 18.6. The Morgan fingerprint density at radius 3 is 2.62 bits per heavy atom. The van der Waals surface area contributed by atoms with Crippen LogP contribution >= 0.6 is 0 Å². The van der Waals surface area contributed by atoms with Crippen molar-refractivity contribution in [1.82, 2.24) is 10.6 Å². The lowest BCUT2D eigenvalue weighted by molar-refractivity contribution is -0.0318. The average molecular weight is 362 g/mol. The van der Waals surface area contributed by atoms with Gasteiger partial charge in [0.1, 0.15) is 0 Å². The maximum atomic E-state index is 5.91. The Balaban J connectivity index is 1.75. The van der Waals surface area contributed by atoms with E-state index in [0.29, 0.717) is 6.10 Å². The molecule has 1 saturated heterocycles. The van der Waals surface area contributed by atoms with E-state index in [9.17, 15) is 0 Å². The first-order chi connectivity index (χ1) is 12.7. The molecule has 0 aromatic heterocycles. The predicted molar refractivity (Wildman–Crippen MR) is 108 cm³/mol. The molecule has 1 fully saturated rings. The second kappa shape index (κ2) is 11.9. The van der Waals surface area contributed by atoms with Crippen LogP contribution in [-0.2, 0) is 15.9 Å². The van der Waals surface area contributed by atoms with Crippen molar-refractivity contribution in [2.75, 3.05) is 32.9 Å². The fourth-order valence-electron chi connectivity index (χ4n) is 3.00. The summed E-state index contributed by atoms with van der Waals surface area (Å²) in [6.45, 7) is 10.5. The molecule has 1 heterocycles. The second-order valence-corrected chi connectivity index (χ2v) is 6.76. The molecule has 0 saturated carbocycles. The van der Waals surface area contributed by atoms with E-state index in [2.05, 4.69) is 60.7 Å². The molecule has 1 atom stereocenters. The number of nitrogens with zero attached hydrogens (tertiary/aromatic N) is 1. The molecule has 0 spiro atoms. The van der Waals surface area contributed by atoms with Crippen LogP contribution in [0.2, 0.25) is 0 Å². The first-order valence-electron chi connectivity index (χ1n) is 10.1. The summed E-state index contributed by atoms with van der Waals surface area (Å²) in [6, 6.07) is 9.01. The van der Waals surface area contributed by atoms with Gasteiger partial charge >= 0.3 is 0 Å². The molecule has 146 valence electrons. The van der Waals surface area contributed by atoms with Crippen LogP contribution in [0, 0.1) is 0 Å². The summed E-state index contributed by atoms with van der Waals surface area (Å²) in [5.41, 5.74) is 2.64. The Hall–Kier alpha value is -1.59. The maximum absolute atomic E-state index is 5.91. The lowest BCUT2D eigenvalue weighted by atomic mass is 10.1. The predicted octanol–water partition coefficient (Wildman–Crippen LogP) is 3.45. The smallest absolute Gasteiger partial charge is 0.191 e. The molecule has 1 aromatic rings. The highest BCUT2D eigenvalue weighted by molar-refractivity contribution is 5.80. The minimum absolute atomic E-state index is 0.220. The Morgan fingerprint density at radius 2 is 1.96 bits per heavy atom. The summed E-state index contributed by atoms with van der Waals surface area (Å²) in [7, 11) is 0. The van der Waals surface area contributed by atoms with Crippen molar-refractivity contribution < 1.29 is 9.47 Å². The van der Waals surface area contributed by atoms with Crippen molar-refractivity contribution in [3.05, 3.63) is 35.4 Å². The number of nitrogens with one attached hydrogen (secondary N) is 2. The molecule has 1 aliphatic rings. The molecule has 2 rings (SSSR count). The Labute approximate surface area is 158 Å². The van der Waals surface area contributed by atoms with E-state index < -0.39 is 0 Å². The average Bonchev–Trinajstić information content (AvgIpc) is 2.68. The lowest BCUT2D eigenvalue weighted by Crippen LogP contribution is -2.38. The highest BCUT2D eigenvalue weighted by Gasteiger charge is 2.13. The third-order valence-corrected chi connectivity index (χ3v) is 4.68. The zero-order valence-corrected chi connectivity index (χ0v) is 16.6. The van der Waals surface area contributed by atoms with Gasteiger partial charge in [0, 0.05) is 32.9 Å². The number of aliphatic imine (C=N–C) groups is 1. The van der Waals surface area contributed by atoms with E-state index in [4.69, 9.17) is 9.47 Å². The summed E-state index contributed by atoms with van der Waals surface area (Å²) in [6.07, 6.45) is 4.41. The molecule has 0 bridgehead atoms. The number of ether oxygens (including phenoxy) is 2. The summed E-state index contributed by atoms with van der Waals surface area (Å²) in [4.78, 5) is 4.69. The third kappa shape index (κ3) is 7.34. The molecule has 2 N–H and O–H groups in total. The van der Waals surface area contributed by atoms with Crippen molar-refractivity contribution in [3.63, 3.8) is 0 Å². The van der Waals surface area contributed by atoms with Crippen LogP contribution in [0.1, 0.15) is 57.2 Å². The van der Waals surface area contributed by atoms with Crippen molar-refractivity contribution in [2.45, 2.75) is 58.6 Å². The molecule has 1 aromatic carbocycles. The van der Waals surface area contributed by atoms with Crippen LogP contribution in [0.25, 0.3) is 0 Å². The van der Waals surface area contributed by atoms with E-state index in [1.165, 1.54) is 11.1 Å². The molecule has 26 heavy (non-hydrogen) atoms. The topological polar surface area (TPSA) is 54.9 Å². The fraction of sp³-hybridized carbons (Fsp3) is 0.667. The molecular weight excluding hydrogens is 326 g/mol. The first kappa shape index (κ1) is 20.7. The van der Waals surface area contributed by atoms with Gasteiger partial charge in [-0.3, -0.25) is 4.99 Å². The standard InChI is InChI=1S/C21H35N3O2/c1-4-18-7-9-19(10-8-18)17(3)24-21(22-5-2)23-13-6-14-26-20-11-15-25-16-12-20/h7-10,17,20H,4-6,11-16H2,1-3H3,(H2,22,23,24). The first-order valence-corrected chi connectivity index (χ1v) is 10.1. The summed E-state index contributed by atoms with van der Waals surface area (Å²) < 4.78 is 11.3. The molecule has 1 aliphatic heterocycles. The van der Waals surface area contributed by atoms with Crippen LogP contribution in [-0.4, -0.2) is 45.0 Å².